The lowest BCUT2D eigenvalue weighted by molar-refractivity contribution is -0.126. The highest BCUT2D eigenvalue weighted by Gasteiger charge is 2.30. The Bertz CT molecular complexity index is 623. The Kier molecular flexibility index (Phi) is 5.56. The number of hydrogen-bond acceptors (Lipinski definition) is 2. The van der Waals surface area contributed by atoms with E-state index in [9.17, 15) is 9.90 Å². The number of aliphatic hydroxyl groups excluding tert-OH is 1. The zero-order chi connectivity index (χ0) is 16.9. The van der Waals surface area contributed by atoms with Crippen LogP contribution in [0.25, 0.3) is 0 Å². The lowest BCUT2D eigenvalue weighted by Gasteiger charge is -2.27. The molecule has 0 aliphatic rings. The number of aliphatic hydroxyl groups is 1. The number of rotatable bonds is 6. The normalized spacial score (nSPS) is 14.1. The van der Waals surface area contributed by atoms with E-state index in [4.69, 9.17) is 0 Å². The van der Waals surface area contributed by atoms with E-state index in [-0.39, 0.29) is 11.9 Å². The molecule has 23 heavy (non-hydrogen) atoms. The molecule has 0 bridgehead atoms. The van der Waals surface area contributed by atoms with Gasteiger partial charge in [0.2, 0.25) is 5.91 Å². The van der Waals surface area contributed by atoms with Crippen LogP contribution in [0.3, 0.4) is 0 Å². The fourth-order valence-corrected chi connectivity index (χ4v) is 2.60. The Morgan fingerprint density at radius 1 is 1.04 bits per heavy atom. The van der Waals surface area contributed by atoms with Gasteiger partial charge in [0, 0.05) is 6.04 Å². The molecule has 0 saturated carbocycles. The molecule has 0 aliphatic heterocycles. The molecule has 2 rings (SSSR count). The van der Waals surface area contributed by atoms with Crippen LogP contribution in [-0.2, 0) is 10.2 Å². The molecule has 0 saturated heterocycles. The van der Waals surface area contributed by atoms with Crippen LogP contribution in [0, 0.1) is 0 Å². The van der Waals surface area contributed by atoms with Gasteiger partial charge in [-0.2, -0.15) is 0 Å². The monoisotopic (exact) mass is 311 g/mol. The van der Waals surface area contributed by atoms with E-state index in [1.807, 2.05) is 81.4 Å². The molecule has 0 spiro atoms. The molecule has 2 aromatic carbocycles. The summed E-state index contributed by atoms with van der Waals surface area (Å²) in [5.41, 5.74) is 1.25. The Labute approximate surface area is 138 Å². The van der Waals surface area contributed by atoms with Crippen molar-refractivity contribution in [1.29, 1.82) is 0 Å². The quantitative estimate of drug-likeness (QED) is 0.856. The van der Waals surface area contributed by atoms with E-state index in [1.165, 1.54) is 0 Å². The van der Waals surface area contributed by atoms with Crippen LogP contribution >= 0.6 is 0 Å². The van der Waals surface area contributed by atoms with Gasteiger partial charge in [-0.05, 0) is 38.3 Å². The van der Waals surface area contributed by atoms with Crippen molar-refractivity contribution in [3.63, 3.8) is 0 Å². The van der Waals surface area contributed by atoms with E-state index >= 15 is 0 Å². The van der Waals surface area contributed by atoms with Gasteiger partial charge in [-0.1, -0.05) is 60.7 Å². The van der Waals surface area contributed by atoms with Gasteiger partial charge in [0.25, 0.3) is 0 Å². The fraction of sp³-hybridized carbons (Fsp3) is 0.350. The number of hydrogen-bond donors (Lipinski definition) is 2. The maximum Gasteiger partial charge on any atom is 0.230 e. The highest BCUT2D eigenvalue weighted by Crippen LogP contribution is 2.24. The largest absolute Gasteiger partial charge is 0.388 e. The number of carbonyl (C=O) groups excluding carboxylic acids is 1. The Morgan fingerprint density at radius 3 is 2.13 bits per heavy atom. The highest BCUT2D eigenvalue weighted by molar-refractivity contribution is 5.87. The number of benzene rings is 2. The summed E-state index contributed by atoms with van der Waals surface area (Å²) in [6, 6.07) is 19.1. The van der Waals surface area contributed by atoms with Gasteiger partial charge >= 0.3 is 0 Å². The molecule has 0 aromatic heterocycles. The summed E-state index contributed by atoms with van der Waals surface area (Å²) in [6.07, 6.45) is -0.0907. The molecule has 2 unspecified atom stereocenters. The van der Waals surface area contributed by atoms with Crippen molar-refractivity contribution in [2.45, 2.75) is 44.8 Å². The van der Waals surface area contributed by atoms with E-state index < -0.39 is 11.5 Å². The Hall–Kier alpha value is -2.13. The predicted octanol–water partition coefficient (Wildman–Crippen LogP) is 3.59. The lowest BCUT2D eigenvalue weighted by atomic mass is 9.83. The highest BCUT2D eigenvalue weighted by atomic mass is 16.3. The topological polar surface area (TPSA) is 49.3 Å². The maximum atomic E-state index is 12.6. The molecule has 2 atom stereocenters. The summed E-state index contributed by atoms with van der Waals surface area (Å²) in [5, 5.41) is 13.3. The summed E-state index contributed by atoms with van der Waals surface area (Å²) in [6.45, 7) is 5.75. The van der Waals surface area contributed by atoms with Gasteiger partial charge in [-0.15, -0.1) is 0 Å². The summed E-state index contributed by atoms with van der Waals surface area (Å²) >= 11 is 0. The van der Waals surface area contributed by atoms with Crippen LogP contribution in [0.5, 0.6) is 0 Å². The van der Waals surface area contributed by atoms with Crippen LogP contribution in [0.2, 0.25) is 0 Å². The molecule has 3 heteroatoms. The first-order valence-electron chi connectivity index (χ1n) is 8.00. The zero-order valence-electron chi connectivity index (χ0n) is 14.0. The fourth-order valence-electron chi connectivity index (χ4n) is 2.60. The molecule has 122 valence electrons. The summed E-state index contributed by atoms with van der Waals surface area (Å²) in [5.74, 6) is -0.0311. The summed E-state index contributed by atoms with van der Waals surface area (Å²) < 4.78 is 0. The van der Waals surface area contributed by atoms with Gasteiger partial charge < -0.3 is 10.4 Å². The smallest absolute Gasteiger partial charge is 0.230 e. The van der Waals surface area contributed by atoms with Crippen LogP contribution < -0.4 is 5.32 Å². The van der Waals surface area contributed by atoms with E-state index in [0.717, 1.165) is 11.1 Å². The van der Waals surface area contributed by atoms with Gasteiger partial charge in [0.15, 0.2) is 0 Å². The molecule has 0 fully saturated rings. The van der Waals surface area contributed by atoms with Gasteiger partial charge in [-0.25, -0.2) is 0 Å². The number of carbonyl (C=O) groups is 1. The van der Waals surface area contributed by atoms with Crippen LogP contribution in [0.4, 0.5) is 0 Å². The summed E-state index contributed by atoms with van der Waals surface area (Å²) in [7, 11) is 0. The van der Waals surface area contributed by atoms with E-state index in [0.29, 0.717) is 6.42 Å². The molecule has 2 N–H and O–H groups in total. The minimum Gasteiger partial charge on any atom is -0.388 e. The second-order valence-corrected chi connectivity index (χ2v) is 6.53. The second kappa shape index (κ2) is 7.42. The summed E-state index contributed by atoms with van der Waals surface area (Å²) in [4.78, 5) is 12.6. The maximum absolute atomic E-state index is 12.6. The third-order valence-electron chi connectivity index (χ3n) is 4.20. The molecule has 0 radical (unpaired) electrons. The number of nitrogens with one attached hydrogen (secondary N) is 1. The lowest BCUT2D eigenvalue weighted by Crippen LogP contribution is -2.44. The predicted molar refractivity (Wildman–Crippen MR) is 93.1 cm³/mol. The van der Waals surface area contributed by atoms with Crippen molar-refractivity contribution in [1.82, 2.24) is 5.32 Å². The van der Waals surface area contributed by atoms with Crippen molar-refractivity contribution < 1.29 is 9.90 Å². The second-order valence-electron chi connectivity index (χ2n) is 6.53. The third-order valence-corrected chi connectivity index (χ3v) is 4.20. The molecular weight excluding hydrogens is 286 g/mol. The van der Waals surface area contributed by atoms with Crippen molar-refractivity contribution >= 4 is 5.91 Å². The van der Waals surface area contributed by atoms with Gasteiger partial charge in [0.1, 0.15) is 0 Å². The average Bonchev–Trinajstić information content (AvgIpc) is 2.56. The Morgan fingerprint density at radius 2 is 1.57 bits per heavy atom. The van der Waals surface area contributed by atoms with Crippen molar-refractivity contribution in [2.75, 3.05) is 0 Å². The van der Waals surface area contributed by atoms with E-state index in [1.54, 1.807) is 0 Å². The van der Waals surface area contributed by atoms with E-state index in [2.05, 4.69) is 5.32 Å². The standard InChI is InChI=1S/C20H25NO2/c1-15(14-18(22)16-10-6-4-7-11-16)21-19(23)20(2,3)17-12-8-5-9-13-17/h4-13,15,18,22H,14H2,1-3H3,(H,21,23). The van der Waals surface area contributed by atoms with Crippen molar-refractivity contribution in [3.05, 3.63) is 71.8 Å². The first-order valence-corrected chi connectivity index (χ1v) is 8.00. The molecule has 3 nitrogen and oxygen atoms in total. The van der Waals surface area contributed by atoms with Crippen LogP contribution in [0.15, 0.2) is 60.7 Å². The molecule has 0 aliphatic carbocycles. The van der Waals surface area contributed by atoms with Crippen molar-refractivity contribution in [2.24, 2.45) is 0 Å². The van der Waals surface area contributed by atoms with Crippen molar-refractivity contribution in [3.8, 4) is 0 Å². The first kappa shape index (κ1) is 17.2. The first-order chi connectivity index (χ1) is 10.9. The minimum atomic E-state index is -0.604. The molecule has 0 heterocycles. The third kappa shape index (κ3) is 4.42. The average molecular weight is 311 g/mol. The van der Waals surface area contributed by atoms with Crippen LogP contribution in [-0.4, -0.2) is 17.1 Å². The SMILES string of the molecule is CC(CC(O)c1ccccc1)NC(=O)C(C)(C)c1ccccc1. The van der Waals surface area contributed by atoms with Gasteiger partial charge in [0.05, 0.1) is 11.5 Å². The van der Waals surface area contributed by atoms with Crippen LogP contribution in [0.1, 0.15) is 44.4 Å². The molecule has 2 aromatic rings. The number of amides is 1. The molecule has 1 amide bonds. The Balaban J connectivity index is 1.97. The minimum absolute atomic E-state index is 0.0311. The molecular formula is C20H25NO2. The zero-order valence-corrected chi connectivity index (χ0v) is 14.0. The van der Waals surface area contributed by atoms with Gasteiger partial charge in [-0.3, -0.25) is 4.79 Å².